The van der Waals surface area contributed by atoms with Crippen molar-refractivity contribution in [2.24, 2.45) is 5.92 Å². The Balaban J connectivity index is 1.51. The molecular formula is C25H31N3O. The molecule has 1 amide bonds. The molecule has 1 aliphatic heterocycles. The van der Waals surface area contributed by atoms with E-state index in [1.807, 2.05) is 6.07 Å². The van der Waals surface area contributed by atoms with E-state index in [4.69, 9.17) is 0 Å². The zero-order chi connectivity index (χ0) is 20.2. The molecule has 2 aliphatic rings. The van der Waals surface area contributed by atoms with Crippen LogP contribution in [0.15, 0.2) is 60.7 Å². The Morgan fingerprint density at radius 1 is 1.14 bits per heavy atom. The van der Waals surface area contributed by atoms with E-state index in [9.17, 15) is 4.79 Å². The number of nitrogens with zero attached hydrogens (tertiary/aromatic N) is 1. The fourth-order valence-corrected chi connectivity index (χ4v) is 4.70. The van der Waals surface area contributed by atoms with Crippen molar-refractivity contribution in [3.63, 3.8) is 0 Å². The SMILES string of the molecule is CCN(CC)CCNC(=O)c1ccc2c(c1)C1C=CCC1C(c1ccccc1)N2. The zero-order valence-electron chi connectivity index (χ0n) is 17.4. The predicted octanol–water partition coefficient (Wildman–Crippen LogP) is 4.58. The van der Waals surface area contributed by atoms with E-state index < -0.39 is 0 Å². The van der Waals surface area contributed by atoms with Crippen molar-refractivity contribution in [3.05, 3.63) is 77.4 Å². The van der Waals surface area contributed by atoms with Gasteiger partial charge in [-0.2, -0.15) is 0 Å². The van der Waals surface area contributed by atoms with Gasteiger partial charge in [-0.3, -0.25) is 4.79 Å². The normalized spacial score (nSPS) is 22.1. The van der Waals surface area contributed by atoms with Crippen LogP contribution in [-0.4, -0.2) is 37.0 Å². The summed E-state index contributed by atoms with van der Waals surface area (Å²) in [5.74, 6) is 0.870. The van der Waals surface area contributed by atoms with Crippen LogP contribution in [0.25, 0.3) is 0 Å². The molecule has 1 aliphatic carbocycles. The molecule has 152 valence electrons. The molecular weight excluding hydrogens is 358 g/mol. The van der Waals surface area contributed by atoms with Crippen LogP contribution < -0.4 is 10.6 Å². The van der Waals surface area contributed by atoms with Crippen LogP contribution in [0.3, 0.4) is 0 Å². The summed E-state index contributed by atoms with van der Waals surface area (Å²) in [6, 6.07) is 17.1. The number of nitrogens with one attached hydrogen (secondary N) is 2. The molecule has 3 unspecified atom stereocenters. The molecule has 0 bridgehead atoms. The molecule has 2 aromatic carbocycles. The van der Waals surface area contributed by atoms with Crippen molar-refractivity contribution in [2.75, 3.05) is 31.5 Å². The van der Waals surface area contributed by atoms with E-state index in [-0.39, 0.29) is 5.91 Å². The lowest BCUT2D eigenvalue weighted by Gasteiger charge is -2.37. The average molecular weight is 390 g/mol. The zero-order valence-corrected chi connectivity index (χ0v) is 17.4. The first-order valence-corrected chi connectivity index (χ1v) is 10.8. The number of carbonyl (C=O) groups excluding carboxylic acids is 1. The van der Waals surface area contributed by atoms with Crippen LogP contribution in [0, 0.1) is 5.92 Å². The molecule has 4 rings (SSSR count). The summed E-state index contributed by atoms with van der Waals surface area (Å²) in [5.41, 5.74) is 4.47. The second-order valence-electron chi connectivity index (χ2n) is 7.97. The topological polar surface area (TPSA) is 44.4 Å². The molecule has 0 radical (unpaired) electrons. The second-order valence-corrected chi connectivity index (χ2v) is 7.97. The Labute approximate surface area is 174 Å². The first-order chi connectivity index (χ1) is 14.2. The number of anilines is 1. The van der Waals surface area contributed by atoms with Gasteiger partial charge in [-0.15, -0.1) is 0 Å². The summed E-state index contributed by atoms with van der Waals surface area (Å²) in [6.45, 7) is 7.88. The van der Waals surface area contributed by atoms with Crippen molar-refractivity contribution >= 4 is 11.6 Å². The van der Waals surface area contributed by atoms with Crippen molar-refractivity contribution in [1.29, 1.82) is 0 Å². The maximum atomic E-state index is 12.7. The number of amides is 1. The maximum Gasteiger partial charge on any atom is 0.251 e. The van der Waals surface area contributed by atoms with Gasteiger partial charge < -0.3 is 15.5 Å². The summed E-state index contributed by atoms with van der Waals surface area (Å²) in [7, 11) is 0. The molecule has 4 heteroatoms. The molecule has 0 saturated heterocycles. The highest BCUT2D eigenvalue weighted by atomic mass is 16.1. The summed E-state index contributed by atoms with van der Waals surface area (Å²) in [4.78, 5) is 15.0. The van der Waals surface area contributed by atoms with Crippen molar-refractivity contribution in [1.82, 2.24) is 10.2 Å². The number of rotatable bonds is 7. The van der Waals surface area contributed by atoms with E-state index in [1.165, 1.54) is 11.1 Å². The minimum Gasteiger partial charge on any atom is -0.378 e. The van der Waals surface area contributed by atoms with Crippen LogP contribution in [-0.2, 0) is 0 Å². The van der Waals surface area contributed by atoms with E-state index in [0.29, 0.717) is 24.4 Å². The predicted molar refractivity (Wildman–Crippen MR) is 119 cm³/mol. The van der Waals surface area contributed by atoms with Gasteiger partial charge in [0.15, 0.2) is 0 Å². The van der Waals surface area contributed by atoms with Crippen LogP contribution >= 0.6 is 0 Å². The van der Waals surface area contributed by atoms with Gasteiger partial charge in [0, 0.05) is 30.3 Å². The van der Waals surface area contributed by atoms with Crippen LogP contribution in [0.1, 0.15) is 53.7 Å². The molecule has 0 aromatic heterocycles. The Bertz CT molecular complexity index is 873. The lowest BCUT2D eigenvalue weighted by atomic mass is 9.76. The Morgan fingerprint density at radius 2 is 1.93 bits per heavy atom. The fourth-order valence-electron chi connectivity index (χ4n) is 4.70. The monoisotopic (exact) mass is 389 g/mol. The number of hydrogen-bond acceptors (Lipinski definition) is 3. The minimum atomic E-state index is 0.0173. The summed E-state index contributed by atoms with van der Waals surface area (Å²) >= 11 is 0. The highest BCUT2D eigenvalue weighted by Crippen LogP contribution is 2.49. The molecule has 4 nitrogen and oxygen atoms in total. The number of carbonyl (C=O) groups is 1. The number of hydrogen-bond donors (Lipinski definition) is 2. The van der Waals surface area contributed by atoms with Crippen molar-refractivity contribution in [3.8, 4) is 0 Å². The molecule has 2 N–H and O–H groups in total. The van der Waals surface area contributed by atoms with Crippen molar-refractivity contribution < 1.29 is 4.79 Å². The van der Waals surface area contributed by atoms with Gasteiger partial charge in [0.25, 0.3) is 5.91 Å². The Morgan fingerprint density at radius 3 is 2.69 bits per heavy atom. The molecule has 0 saturated carbocycles. The number of benzene rings is 2. The average Bonchev–Trinajstić information content (AvgIpc) is 3.26. The smallest absolute Gasteiger partial charge is 0.251 e. The van der Waals surface area contributed by atoms with Crippen LogP contribution in [0.5, 0.6) is 0 Å². The molecule has 29 heavy (non-hydrogen) atoms. The maximum absolute atomic E-state index is 12.7. The Kier molecular flexibility index (Phi) is 6.00. The highest BCUT2D eigenvalue weighted by molar-refractivity contribution is 5.95. The number of likely N-dealkylation sites (N-methyl/N-ethyl adjacent to an activating group) is 1. The summed E-state index contributed by atoms with van der Waals surface area (Å²) in [5, 5.41) is 6.83. The fraction of sp³-hybridized carbons (Fsp3) is 0.400. The highest BCUT2D eigenvalue weighted by Gasteiger charge is 2.38. The number of allylic oxidation sites excluding steroid dienone is 2. The lowest BCUT2D eigenvalue weighted by molar-refractivity contribution is 0.0949. The third kappa shape index (κ3) is 4.08. The standard InChI is InChI=1S/C25H31N3O/c1-3-28(4-2)16-15-26-25(29)19-13-14-23-22(17-19)20-11-8-12-21(20)24(27-23)18-9-6-5-7-10-18/h5-11,13-14,17,20-21,24,27H,3-4,12,15-16H2,1-2H3,(H,26,29). The third-order valence-electron chi connectivity index (χ3n) is 6.39. The van der Waals surface area contributed by atoms with Crippen molar-refractivity contribution in [2.45, 2.75) is 32.2 Å². The minimum absolute atomic E-state index is 0.0173. The van der Waals surface area contributed by atoms with Gasteiger partial charge in [0.05, 0.1) is 6.04 Å². The van der Waals surface area contributed by atoms with Gasteiger partial charge in [-0.05, 0) is 54.8 Å². The van der Waals surface area contributed by atoms with Gasteiger partial charge in [-0.1, -0.05) is 56.3 Å². The van der Waals surface area contributed by atoms with Gasteiger partial charge in [0.2, 0.25) is 0 Å². The van der Waals surface area contributed by atoms with Gasteiger partial charge in [0.1, 0.15) is 0 Å². The molecule has 0 fully saturated rings. The van der Waals surface area contributed by atoms with E-state index in [2.05, 4.69) is 84.0 Å². The number of fused-ring (bicyclic) bond motifs is 3. The van der Waals surface area contributed by atoms with Gasteiger partial charge in [-0.25, -0.2) is 0 Å². The first-order valence-electron chi connectivity index (χ1n) is 10.8. The third-order valence-corrected chi connectivity index (χ3v) is 6.39. The van der Waals surface area contributed by atoms with Gasteiger partial charge >= 0.3 is 0 Å². The van der Waals surface area contributed by atoms with Crippen LogP contribution in [0.4, 0.5) is 5.69 Å². The first kappa shape index (κ1) is 19.7. The molecule has 1 heterocycles. The second kappa shape index (κ2) is 8.83. The Hall–Kier alpha value is -2.59. The summed E-state index contributed by atoms with van der Waals surface area (Å²) in [6.07, 6.45) is 5.68. The van der Waals surface area contributed by atoms with E-state index >= 15 is 0 Å². The molecule has 3 atom stereocenters. The largest absolute Gasteiger partial charge is 0.378 e. The quantitative estimate of drug-likeness (QED) is 0.681. The van der Waals surface area contributed by atoms with Crippen LogP contribution in [0.2, 0.25) is 0 Å². The molecule has 0 spiro atoms. The lowest BCUT2D eigenvalue weighted by Crippen LogP contribution is -2.35. The van der Waals surface area contributed by atoms with E-state index in [0.717, 1.165) is 37.3 Å². The molecule has 2 aromatic rings. The van der Waals surface area contributed by atoms with E-state index in [1.54, 1.807) is 0 Å². The summed E-state index contributed by atoms with van der Waals surface area (Å²) < 4.78 is 0.